The Morgan fingerprint density at radius 3 is 2.19 bits per heavy atom. The van der Waals surface area contributed by atoms with Gasteiger partial charge in [-0.25, -0.2) is 0 Å². The Hall–Kier alpha value is -3.07. The largest absolute Gasteiger partial charge is 0.494 e. The second kappa shape index (κ2) is 10.3. The van der Waals surface area contributed by atoms with Gasteiger partial charge in [0.1, 0.15) is 11.5 Å². The highest BCUT2D eigenvalue weighted by atomic mass is 32.2. The Kier molecular flexibility index (Phi) is 7.51. The van der Waals surface area contributed by atoms with Crippen LogP contribution in [0, 0.1) is 0 Å². The summed E-state index contributed by atoms with van der Waals surface area (Å²) < 4.78 is 35.8. The van der Waals surface area contributed by atoms with E-state index in [4.69, 9.17) is 9.47 Å². The molecule has 0 spiro atoms. The van der Waals surface area contributed by atoms with Gasteiger partial charge in [0.15, 0.2) is 6.61 Å². The number of amides is 1. The van der Waals surface area contributed by atoms with Crippen LogP contribution in [0.5, 0.6) is 11.5 Å². The molecule has 0 unspecified atom stereocenters. The molecule has 166 valence electrons. The zero-order chi connectivity index (χ0) is 22.3. The minimum Gasteiger partial charge on any atom is -0.494 e. The zero-order valence-corrected chi connectivity index (χ0v) is 18.5. The van der Waals surface area contributed by atoms with Gasteiger partial charge in [0.2, 0.25) is 0 Å². The van der Waals surface area contributed by atoms with E-state index in [1.54, 1.807) is 43.3 Å². The highest BCUT2D eigenvalue weighted by Crippen LogP contribution is 2.17. The third kappa shape index (κ3) is 6.21. The molecule has 31 heavy (non-hydrogen) atoms. The van der Waals surface area contributed by atoms with Gasteiger partial charge < -0.3 is 14.4 Å². The van der Waals surface area contributed by atoms with Crippen LogP contribution in [0.15, 0.2) is 58.5 Å². The van der Waals surface area contributed by atoms with Crippen molar-refractivity contribution < 1.29 is 22.7 Å². The van der Waals surface area contributed by atoms with Crippen LogP contribution >= 0.6 is 0 Å². The number of sulfonamides is 1. The summed E-state index contributed by atoms with van der Waals surface area (Å²) >= 11 is 0. The highest BCUT2D eigenvalue weighted by molar-refractivity contribution is 7.89. The maximum absolute atomic E-state index is 12.4. The number of carbonyl (C=O) groups excluding carboxylic acids is 1. The lowest BCUT2D eigenvalue weighted by Gasteiger charge is -2.15. The lowest BCUT2D eigenvalue weighted by Crippen LogP contribution is -2.32. The van der Waals surface area contributed by atoms with Crippen LogP contribution in [-0.4, -0.2) is 51.2 Å². The molecule has 1 amide bonds. The van der Waals surface area contributed by atoms with Crippen molar-refractivity contribution in [1.29, 1.82) is 0 Å². The fourth-order valence-electron chi connectivity index (χ4n) is 3.12. The van der Waals surface area contributed by atoms with E-state index in [9.17, 15) is 13.2 Å². The van der Waals surface area contributed by atoms with Crippen LogP contribution in [-0.2, 0) is 14.8 Å². The third-order valence-electron chi connectivity index (χ3n) is 4.87. The third-order valence-corrected chi connectivity index (χ3v) is 6.10. The van der Waals surface area contributed by atoms with Gasteiger partial charge in [-0.15, -0.1) is 0 Å². The standard InChI is InChI=1S/C22H27N3O5S/c1-3-29-19-10-12-21(13-11-19)31(27,28)24-23-17(2)18-6-8-20(9-7-18)30-16-22(26)25-14-4-5-15-25/h6-13,24H,3-5,14-16H2,1-2H3/b23-17+. The molecular weight excluding hydrogens is 418 g/mol. The van der Waals surface area contributed by atoms with Crippen LogP contribution in [0.25, 0.3) is 0 Å². The lowest BCUT2D eigenvalue weighted by atomic mass is 10.1. The van der Waals surface area contributed by atoms with Gasteiger partial charge >= 0.3 is 0 Å². The zero-order valence-electron chi connectivity index (χ0n) is 17.7. The number of rotatable bonds is 9. The number of likely N-dealkylation sites (tertiary alicyclic amines) is 1. The van der Waals surface area contributed by atoms with Crippen molar-refractivity contribution in [1.82, 2.24) is 9.73 Å². The molecule has 0 atom stereocenters. The number of benzene rings is 2. The van der Waals surface area contributed by atoms with E-state index < -0.39 is 10.0 Å². The van der Waals surface area contributed by atoms with Crippen LogP contribution in [0.4, 0.5) is 0 Å². The molecule has 0 radical (unpaired) electrons. The second-order valence-electron chi connectivity index (χ2n) is 7.10. The van der Waals surface area contributed by atoms with Crippen molar-refractivity contribution in [3.05, 3.63) is 54.1 Å². The van der Waals surface area contributed by atoms with Gasteiger partial charge in [0.25, 0.3) is 15.9 Å². The average Bonchev–Trinajstić information content (AvgIpc) is 3.32. The van der Waals surface area contributed by atoms with Gasteiger partial charge in [0, 0.05) is 13.1 Å². The highest BCUT2D eigenvalue weighted by Gasteiger charge is 2.18. The summed E-state index contributed by atoms with van der Waals surface area (Å²) in [5, 5.41) is 4.00. The number of nitrogens with zero attached hydrogens (tertiary/aromatic N) is 2. The molecule has 1 N–H and O–H groups in total. The summed E-state index contributed by atoms with van der Waals surface area (Å²) in [6.07, 6.45) is 2.09. The first-order valence-electron chi connectivity index (χ1n) is 10.2. The quantitative estimate of drug-likeness (QED) is 0.473. The van der Waals surface area contributed by atoms with Crippen molar-refractivity contribution in [2.24, 2.45) is 5.10 Å². The molecule has 1 saturated heterocycles. The van der Waals surface area contributed by atoms with Crippen LogP contribution < -0.4 is 14.3 Å². The first-order chi connectivity index (χ1) is 14.9. The van der Waals surface area contributed by atoms with Crippen LogP contribution in [0.1, 0.15) is 32.3 Å². The predicted octanol–water partition coefficient (Wildman–Crippen LogP) is 2.79. The summed E-state index contributed by atoms with van der Waals surface area (Å²) in [5.74, 6) is 1.16. The first kappa shape index (κ1) is 22.6. The first-order valence-corrected chi connectivity index (χ1v) is 11.7. The summed E-state index contributed by atoms with van der Waals surface area (Å²) in [5.41, 5.74) is 1.22. The predicted molar refractivity (Wildman–Crippen MR) is 118 cm³/mol. The van der Waals surface area contributed by atoms with Crippen molar-refractivity contribution in [3.8, 4) is 11.5 Å². The normalized spacial score (nSPS) is 14.4. The van der Waals surface area contributed by atoms with Crippen molar-refractivity contribution >= 4 is 21.6 Å². The molecule has 1 heterocycles. The summed E-state index contributed by atoms with van der Waals surface area (Å²) in [4.78, 5) is 16.2. The number of carbonyl (C=O) groups is 1. The lowest BCUT2D eigenvalue weighted by molar-refractivity contribution is -0.132. The summed E-state index contributed by atoms with van der Waals surface area (Å²) in [6.45, 7) is 5.66. The minimum absolute atomic E-state index is 0.00824. The fraction of sp³-hybridized carbons (Fsp3) is 0.364. The van der Waals surface area contributed by atoms with E-state index in [2.05, 4.69) is 9.93 Å². The number of ether oxygens (including phenoxy) is 2. The molecule has 0 saturated carbocycles. The molecule has 3 rings (SSSR count). The SMILES string of the molecule is CCOc1ccc(S(=O)(=O)N/N=C(\C)c2ccc(OCC(=O)N3CCCC3)cc2)cc1. The van der Waals surface area contributed by atoms with Gasteiger partial charge in [-0.2, -0.15) is 18.4 Å². The van der Waals surface area contributed by atoms with E-state index in [0.717, 1.165) is 31.5 Å². The average molecular weight is 446 g/mol. The van der Waals surface area contributed by atoms with Crippen molar-refractivity contribution in [3.63, 3.8) is 0 Å². The van der Waals surface area contributed by atoms with E-state index in [1.165, 1.54) is 12.1 Å². The maximum atomic E-state index is 12.4. The Bertz CT molecular complexity index is 1010. The Morgan fingerprint density at radius 1 is 1.00 bits per heavy atom. The van der Waals surface area contributed by atoms with Gasteiger partial charge in [-0.3, -0.25) is 4.79 Å². The number of nitrogens with one attached hydrogen (secondary N) is 1. The van der Waals surface area contributed by atoms with E-state index in [0.29, 0.717) is 23.8 Å². The fourth-order valence-corrected chi connectivity index (χ4v) is 3.98. The Balaban J connectivity index is 1.57. The molecule has 9 heteroatoms. The van der Waals surface area contributed by atoms with E-state index in [1.807, 2.05) is 11.8 Å². The molecular formula is C22H27N3O5S. The maximum Gasteiger partial charge on any atom is 0.276 e. The summed E-state index contributed by atoms with van der Waals surface area (Å²) in [7, 11) is -3.79. The smallest absolute Gasteiger partial charge is 0.276 e. The van der Waals surface area contributed by atoms with Crippen molar-refractivity contribution in [2.45, 2.75) is 31.6 Å². The van der Waals surface area contributed by atoms with Crippen LogP contribution in [0.2, 0.25) is 0 Å². The van der Waals surface area contributed by atoms with Gasteiger partial charge in [0.05, 0.1) is 17.2 Å². The second-order valence-corrected chi connectivity index (χ2v) is 8.76. The molecule has 0 aliphatic carbocycles. The van der Waals surface area contributed by atoms with Crippen LogP contribution in [0.3, 0.4) is 0 Å². The molecule has 0 aromatic heterocycles. The Labute approximate surface area is 182 Å². The monoisotopic (exact) mass is 445 g/mol. The van der Waals surface area contributed by atoms with Crippen molar-refractivity contribution in [2.75, 3.05) is 26.3 Å². The Morgan fingerprint density at radius 2 is 1.58 bits per heavy atom. The number of hydrazone groups is 1. The van der Waals surface area contributed by atoms with Gasteiger partial charge in [-0.05, 0) is 80.8 Å². The number of hydrogen-bond donors (Lipinski definition) is 1. The van der Waals surface area contributed by atoms with Gasteiger partial charge in [-0.1, -0.05) is 0 Å². The number of hydrogen-bond acceptors (Lipinski definition) is 6. The molecule has 1 fully saturated rings. The molecule has 1 aliphatic heterocycles. The molecule has 2 aromatic carbocycles. The van der Waals surface area contributed by atoms with E-state index in [-0.39, 0.29) is 17.4 Å². The minimum atomic E-state index is -3.79. The molecule has 0 bridgehead atoms. The van der Waals surface area contributed by atoms with E-state index >= 15 is 0 Å². The summed E-state index contributed by atoms with van der Waals surface area (Å²) in [6, 6.07) is 13.1. The topological polar surface area (TPSA) is 97.3 Å². The molecule has 8 nitrogen and oxygen atoms in total. The molecule has 1 aliphatic rings. The molecule has 2 aromatic rings.